The Morgan fingerprint density at radius 1 is 1.56 bits per heavy atom. The lowest BCUT2D eigenvalue weighted by molar-refractivity contribution is -0.117. The number of alkyl halides is 1. The van der Waals surface area contributed by atoms with Crippen molar-refractivity contribution in [1.29, 1.82) is 0 Å². The average molecular weight is 346 g/mol. The van der Waals surface area contributed by atoms with E-state index in [1.165, 1.54) is 11.3 Å². The first-order chi connectivity index (χ1) is 8.67. The molecule has 3 rings (SSSR count). The van der Waals surface area contributed by atoms with E-state index in [9.17, 15) is 4.79 Å². The van der Waals surface area contributed by atoms with Crippen LogP contribution in [0.2, 0.25) is 4.47 Å². The predicted octanol–water partition coefficient (Wildman–Crippen LogP) is 3.70. The highest BCUT2D eigenvalue weighted by molar-refractivity contribution is 9.09. The number of carbonyl (C=O) groups is 1. The molecule has 1 aromatic carbocycles. The third-order valence-corrected chi connectivity index (χ3v) is 5.14. The number of anilines is 1. The van der Waals surface area contributed by atoms with Crippen LogP contribution < -0.4 is 4.90 Å². The highest BCUT2D eigenvalue weighted by Gasteiger charge is 2.29. The molecular formula is C12H10BrClN2OS. The Kier molecular flexibility index (Phi) is 3.30. The molecule has 0 spiro atoms. The summed E-state index contributed by atoms with van der Waals surface area (Å²) in [6, 6.07) is 5.88. The summed E-state index contributed by atoms with van der Waals surface area (Å²) in [5.41, 5.74) is 1.77. The Morgan fingerprint density at radius 3 is 3.11 bits per heavy atom. The van der Waals surface area contributed by atoms with Crippen molar-refractivity contribution in [2.75, 3.05) is 16.8 Å². The molecule has 94 valence electrons. The molecule has 0 saturated carbocycles. The maximum atomic E-state index is 11.9. The van der Waals surface area contributed by atoms with Crippen molar-refractivity contribution in [3.8, 4) is 0 Å². The molecule has 1 aromatic heterocycles. The third-order valence-electron chi connectivity index (χ3n) is 3.08. The normalized spacial score (nSPS) is 20.0. The van der Waals surface area contributed by atoms with Crippen LogP contribution in [0.1, 0.15) is 6.42 Å². The van der Waals surface area contributed by atoms with E-state index in [-0.39, 0.29) is 5.91 Å². The van der Waals surface area contributed by atoms with Crippen LogP contribution in [0.15, 0.2) is 18.2 Å². The number of thiazole rings is 1. The Bertz CT molecular complexity index is 615. The van der Waals surface area contributed by atoms with Crippen molar-refractivity contribution in [3.63, 3.8) is 0 Å². The molecule has 1 atom stereocenters. The van der Waals surface area contributed by atoms with Gasteiger partial charge < -0.3 is 4.90 Å². The maximum absolute atomic E-state index is 11.9. The van der Waals surface area contributed by atoms with E-state index in [0.29, 0.717) is 16.8 Å². The van der Waals surface area contributed by atoms with Gasteiger partial charge in [-0.3, -0.25) is 4.79 Å². The number of amides is 1. The van der Waals surface area contributed by atoms with Gasteiger partial charge >= 0.3 is 0 Å². The van der Waals surface area contributed by atoms with Crippen LogP contribution >= 0.6 is 38.9 Å². The Hall–Kier alpha value is -0.650. The summed E-state index contributed by atoms with van der Waals surface area (Å²) in [7, 11) is 0. The number of hydrogen-bond acceptors (Lipinski definition) is 3. The molecule has 3 nitrogen and oxygen atoms in total. The molecule has 18 heavy (non-hydrogen) atoms. The standard InChI is InChI=1S/C12H10BrClN2OS/c13-5-7-3-11(17)16(6-7)8-1-2-10-9(4-8)15-12(14)18-10/h1-2,4,7H,3,5-6H2. The molecule has 1 unspecified atom stereocenters. The van der Waals surface area contributed by atoms with Crippen LogP contribution in [0.4, 0.5) is 5.69 Å². The third kappa shape index (κ3) is 2.15. The molecule has 0 bridgehead atoms. The fraction of sp³-hybridized carbons (Fsp3) is 0.333. The summed E-state index contributed by atoms with van der Waals surface area (Å²) in [5.74, 6) is 0.576. The minimum atomic E-state index is 0.181. The second kappa shape index (κ2) is 4.79. The summed E-state index contributed by atoms with van der Waals surface area (Å²) >= 11 is 10.8. The zero-order valence-corrected chi connectivity index (χ0v) is 12.6. The number of nitrogens with zero attached hydrogens (tertiary/aromatic N) is 2. The van der Waals surface area contributed by atoms with Gasteiger partial charge in [0.25, 0.3) is 0 Å². The molecule has 1 aliphatic heterocycles. The summed E-state index contributed by atoms with van der Waals surface area (Å²) in [6.45, 7) is 0.771. The molecule has 6 heteroatoms. The van der Waals surface area contributed by atoms with Crippen LogP contribution in [0.3, 0.4) is 0 Å². The van der Waals surface area contributed by atoms with Gasteiger partial charge in [0.15, 0.2) is 4.47 Å². The van der Waals surface area contributed by atoms with Gasteiger partial charge in [-0.15, -0.1) is 11.3 Å². The maximum Gasteiger partial charge on any atom is 0.227 e. The molecule has 0 N–H and O–H groups in total. The van der Waals surface area contributed by atoms with E-state index in [1.807, 2.05) is 23.1 Å². The van der Waals surface area contributed by atoms with Gasteiger partial charge in [0.2, 0.25) is 5.91 Å². The van der Waals surface area contributed by atoms with Crippen molar-refractivity contribution in [2.24, 2.45) is 5.92 Å². The average Bonchev–Trinajstić information content (AvgIpc) is 2.89. The zero-order chi connectivity index (χ0) is 12.7. The number of halogens is 2. The molecule has 1 saturated heterocycles. The number of fused-ring (bicyclic) bond motifs is 1. The molecule has 1 fully saturated rings. The number of rotatable bonds is 2. The van der Waals surface area contributed by atoms with Crippen LogP contribution in [-0.2, 0) is 4.79 Å². The van der Waals surface area contributed by atoms with Crippen molar-refractivity contribution in [1.82, 2.24) is 4.98 Å². The van der Waals surface area contributed by atoms with Crippen LogP contribution in [-0.4, -0.2) is 22.8 Å². The van der Waals surface area contributed by atoms with E-state index in [2.05, 4.69) is 20.9 Å². The predicted molar refractivity (Wildman–Crippen MR) is 78.9 cm³/mol. The Balaban J connectivity index is 1.96. The molecule has 0 radical (unpaired) electrons. The van der Waals surface area contributed by atoms with E-state index in [0.717, 1.165) is 27.8 Å². The molecule has 1 amide bonds. The van der Waals surface area contributed by atoms with E-state index >= 15 is 0 Å². The van der Waals surface area contributed by atoms with Crippen LogP contribution in [0.25, 0.3) is 10.2 Å². The molecule has 2 aromatic rings. The van der Waals surface area contributed by atoms with Gasteiger partial charge in [0, 0.05) is 24.0 Å². The molecular weight excluding hydrogens is 336 g/mol. The van der Waals surface area contributed by atoms with Crippen molar-refractivity contribution >= 4 is 60.7 Å². The van der Waals surface area contributed by atoms with E-state index in [4.69, 9.17) is 11.6 Å². The topological polar surface area (TPSA) is 33.2 Å². The first-order valence-electron chi connectivity index (χ1n) is 5.60. The van der Waals surface area contributed by atoms with Gasteiger partial charge in [0.05, 0.1) is 10.2 Å². The summed E-state index contributed by atoms with van der Waals surface area (Å²) < 4.78 is 1.58. The largest absolute Gasteiger partial charge is 0.312 e. The van der Waals surface area contributed by atoms with E-state index < -0.39 is 0 Å². The molecule has 1 aliphatic rings. The minimum Gasteiger partial charge on any atom is -0.312 e. The van der Waals surface area contributed by atoms with Gasteiger partial charge in [-0.25, -0.2) is 4.98 Å². The second-order valence-electron chi connectivity index (χ2n) is 4.35. The van der Waals surface area contributed by atoms with Crippen molar-refractivity contribution in [2.45, 2.75) is 6.42 Å². The monoisotopic (exact) mass is 344 g/mol. The number of carbonyl (C=O) groups excluding carboxylic acids is 1. The fourth-order valence-electron chi connectivity index (χ4n) is 2.19. The van der Waals surface area contributed by atoms with Gasteiger partial charge in [-0.2, -0.15) is 0 Å². The summed E-state index contributed by atoms with van der Waals surface area (Å²) in [4.78, 5) is 18.0. The first-order valence-corrected chi connectivity index (χ1v) is 7.91. The highest BCUT2D eigenvalue weighted by Crippen LogP contribution is 2.31. The highest BCUT2D eigenvalue weighted by atomic mass is 79.9. The van der Waals surface area contributed by atoms with Gasteiger partial charge in [0.1, 0.15) is 0 Å². The molecule has 0 aliphatic carbocycles. The number of benzene rings is 1. The SMILES string of the molecule is O=C1CC(CBr)CN1c1ccc2sc(Cl)nc2c1. The Labute approximate surface area is 122 Å². The first kappa shape index (κ1) is 12.4. The quantitative estimate of drug-likeness (QED) is 0.778. The van der Waals surface area contributed by atoms with Crippen LogP contribution in [0, 0.1) is 5.92 Å². The fourth-order valence-corrected chi connectivity index (χ4v) is 3.63. The number of aromatic nitrogens is 1. The van der Waals surface area contributed by atoms with Crippen molar-refractivity contribution in [3.05, 3.63) is 22.7 Å². The van der Waals surface area contributed by atoms with Gasteiger partial charge in [-0.1, -0.05) is 27.5 Å². The summed E-state index contributed by atoms with van der Waals surface area (Å²) in [5, 5.41) is 0.861. The smallest absolute Gasteiger partial charge is 0.227 e. The lowest BCUT2D eigenvalue weighted by Gasteiger charge is -2.16. The van der Waals surface area contributed by atoms with Crippen molar-refractivity contribution < 1.29 is 4.79 Å². The lowest BCUT2D eigenvalue weighted by Crippen LogP contribution is -2.24. The summed E-state index contributed by atoms with van der Waals surface area (Å²) in [6.07, 6.45) is 0.612. The molecule has 2 heterocycles. The lowest BCUT2D eigenvalue weighted by atomic mass is 10.2. The zero-order valence-electron chi connectivity index (χ0n) is 9.40. The minimum absolute atomic E-state index is 0.181. The van der Waals surface area contributed by atoms with E-state index in [1.54, 1.807) is 0 Å². The van der Waals surface area contributed by atoms with Gasteiger partial charge in [-0.05, 0) is 24.1 Å². The van der Waals surface area contributed by atoms with Crippen LogP contribution in [0.5, 0.6) is 0 Å². The number of hydrogen-bond donors (Lipinski definition) is 0. The second-order valence-corrected chi connectivity index (χ2v) is 6.61. The Morgan fingerprint density at radius 2 is 2.39 bits per heavy atom.